The summed E-state index contributed by atoms with van der Waals surface area (Å²) in [7, 11) is 0. The summed E-state index contributed by atoms with van der Waals surface area (Å²) in [5, 5.41) is 2.73. The van der Waals surface area contributed by atoms with Gasteiger partial charge >= 0.3 is 17.8 Å². The van der Waals surface area contributed by atoms with Gasteiger partial charge in [0.15, 0.2) is 0 Å². The zero-order chi connectivity index (χ0) is 20.1. The van der Waals surface area contributed by atoms with Crippen LogP contribution in [-0.2, 0) is 14.4 Å². The molecule has 1 fully saturated rings. The number of para-hydroxylation sites is 1. The molecule has 0 spiro atoms. The lowest BCUT2D eigenvalue weighted by Crippen LogP contribution is -2.39. The number of urea groups is 1. The van der Waals surface area contributed by atoms with E-state index in [1.165, 1.54) is 0 Å². The second-order valence-corrected chi connectivity index (χ2v) is 6.44. The van der Waals surface area contributed by atoms with Crippen LogP contribution in [0.2, 0.25) is 0 Å². The summed E-state index contributed by atoms with van der Waals surface area (Å²) in [5.74, 6) is -2.39. The standard InChI is InChI=1S/C21H21N3O4/c1-2-3-13-23-19(26)20(27)24(21(23)28)14-18(25)22-17-12-8-7-11-16(17)15-9-5-4-6-10-15/h4-12H,2-3,13-14H2,1H3,(H,22,25). The van der Waals surface area contributed by atoms with Gasteiger partial charge in [-0.05, 0) is 18.1 Å². The Kier molecular flexibility index (Phi) is 5.84. The van der Waals surface area contributed by atoms with Crippen molar-refractivity contribution in [2.24, 2.45) is 0 Å². The van der Waals surface area contributed by atoms with Gasteiger partial charge in [0.2, 0.25) is 5.91 Å². The van der Waals surface area contributed by atoms with Crippen molar-refractivity contribution in [2.45, 2.75) is 19.8 Å². The molecular formula is C21H21N3O4. The van der Waals surface area contributed by atoms with Crippen LogP contribution in [0, 0.1) is 0 Å². The van der Waals surface area contributed by atoms with Gasteiger partial charge in [0, 0.05) is 17.8 Å². The first-order chi connectivity index (χ1) is 13.5. The van der Waals surface area contributed by atoms with E-state index in [-0.39, 0.29) is 6.54 Å². The number of rotatable bonds is 7. The largest absolute Gasteiger partial charge is 0.334 e. The molecule has 0 unspecified atom stereocenters. The fourth-order valence-electron chi connectivity index (χ4n) is 3.00. The van der Waals surface area contributed by atoms with Crippen LogP contribution in [0.5, 0.6) is 0 Å². The summed E-state index contributed by atoms with van der Waals surface area (Å²) in [6, 6.07) is 16.0. The van der Waals surface area contributed by atoms with E-state index in [2.05, 4.69) is 5.32 Å². The van der Waals surface area contributed by atoms with E-state index in [4.69, 9.17) is 0 Å². The van der Waals surface area contributed by atoms with E-state index in [1.807, 2.05) is 49.4 Å². The number of unbranched alkanes of at least 4 members (excludes halogenated alkanes) is 1. The summed E-state index contributed by atoms with van der Waals surface area (Å²) >= 11 is 0. The zero-order valence-electron chi connectivity index (χ0n) is 15.6. The van der Waals surface area contributed by atoms with Crippen molar-refractivity contribution in [1.82, 2.24) is 9.80 Å². The highest BCUT2D eigenvalue weighted by Gasteiger charge is 2.44. The lowest BCUT2D eigenvalue weighted by molar-refractivity contribution is -0.143. The van der Waals surface area contributed by atoms with Crippen LogP contribution in [0.15, 0.2) is 54.6 Å². The van der Waals surface area contributed by atoms with Crippen molar-refractivity contribution in [3.63, 3.8) is 0 Å². The molecule has 3 rings (SSSR count). The van der Waals surface area contributed by atoms with Crippen LogP contribution in [-0.4, -0.2) is 46.6 Å². The predicted molar refractivity (Wildman–Crippen MR) is 104 cm³/mol. The minimum atomic E-state index is -0.965. The van der Waals surface area contributed by atoms with Gasteiger partial charge < -0.3 is 5.32 Å². The number of benzene rings is 2. The lowest BCUT2D eigenvalue weighted by atomic mass is 10.0. The summed E-state index contributed by atoms with van der Waals surface area (Å²) in [6.07, 6.45) is 1.39. The second kappa shape index (κ2) is 8.47. The molecular weight excluding hydrogens is 358 g/mol. The maximum atomic E-state index is 12.5. The Morgan fingerprint density at radius 1 is 0.893 bits per heavy atom. The third-order valence-corrected chi connectivity index (χ3v) is 4.46. The number of imide groups is 2. The van der Waals surface area contributed by atoms with Crippen molar-refractivity contribution in [1.29, 1.82) is 0 Å². The van der Waals surface area contributed by atoms with Crippen LogP contribution >= 0.6 is 0 Å². The molecule has 1 N–H and O–H groups in total. The van der Waals surface area contributed by atoms with Crippen molar-refractivity contribution in [3.8, 4) is 11.1 Å². The smallest absolute Gasteiger partial charge is 0.324 e. The molecule has 1 aliphatic heterocycles. The van der Waals surface area contributed by atoms with Gasteiger partial charge in [0.05, 0.1) is 0 Å². The molecule has 28 heavy (non-hydrogen) atoms. The fourth-order valence-corrected chi connectivity index (χ4v) is 3.00. The van der Waals surface area contributed by atoms with Gasteiger partial charge in [-0.3, -0.25) is 19.3 Å². The van der Waals surface area contributed by atoms with E-state index in [0.29, 0.717) is 17.0 Å². The lowest BCUT2D eigenvalue weighted by Gasteiger charge is -2.16. The maximum Gasteiger partial charge on any atom is 0.334 e. The molecule has 7 heteroatoms. The number of carbonyl (C=O) groups is 4. The summed E-state index contributed by atoms with van der Waals surface area (Å²) in [5.41, 5.74) is 2.30. The van der Waals surface area contributed by atoms with E-state index in [9.17, 15) is 19.2 Å². The van der Waals surface area contributed by atoms with Gasteiger partial charge in [-0.25, -0.2) is 9.69 Å². The number of hydrogen-bond donors (Lipinski definition) is 1. The highest BCUT2D eigenvalue weighted by Crippen LogP contribution is 2.27. The second-order valence-electron chi connectivity index (χ2n) is 6.44. The van der Waals surface area contributed by atoms with E-state index in [1.54, 1.807) is 12.1 Å². The molecule has 0 atom stereocenters. The molecule has 0 bridgehead atoms. The number of nitrogens with one attached hydrogen (secondary N) is 1. The summed E-state index contributed by atoms with van der Waals surface area (Å²) in [4.78, 5) is 50.5. The highest BCUT2D eigenvalue weighted by molar-refractivity contribution is 6.45. The molecule has 1 saturated heterocycles. The molecule has 144 valence electrons. The first-order valence-electron chi connectivity index (χ1n) is 9.14. The molecule has 0 aliphatic carbocycles. The van der Waals surface area contributed by atoms with Crippen molar-refractivity contribution >= 4 is 29.4 Å². The fraction of sp³-hybridized carbons (Fsp3) is 0.238. The molecule has 7 nitrogen and oxygen atoms in total. The Labute approximate surface area is 162 Å². The highest BCUT2D eigenvalue weighted by atomic mass is 16.2. The first-order valence-corrected chi connectivity index (χ1v) is 9.14. The number of carbonyl (C=O) groups excluding carboxylic acids is 4. The number of amides is 5. The van der Waals surface area contributed by atoms with Crippen LogP contribution in [0.3, 0.4) is 0 Å². The average molecular weight is 379 g/mol. The number of anilines is 1. The molecule has 1 heterocycles. The van der Waals surface area contributed by atoms with Gasteiger partial charge in [0.1, 0.15) is 6.54 Å². The normalized spacial score (nSPS) is 14.0. The van der Waals surface area contributed by atoms with E-state index < -0.39 is 30.3 Å². The maximum absolute atomic E-state index is 12.5. The molecule has 1 aliphatic rings. The Bertz CT molecular complexity index is 911. The molecule has 0 saturated carbocycles. The van der Waals surface area contributed by atoms with Crippen molar-refractivity contribution < 1.29 is 19.2 Å². The van der Waals surface area contributed by atoms with Crippen molar-refractivity contribution in [3.05, 3.63) is 54.6 Å². The minimum Gasteiger partial charge on any atom is -0.324 e. The van der Waals surface area contributed by atoms with Crippen LogP contribution in [0.4, 0.5) is 10.5 Å². The molecule has 2 aromatic rings. The third-order valence-electron chi connectivity index (χ3n) is 4.46. The van der Waals surface area contributed by atoms with Gasteiger partial charge in [0.25, 0.3) is 0 Å². The molecule has 0 aromatic heterocycles. The zero-order valence-corrected chi connectivity index (χ0v) is 15.6. The number of hydrogen-bond acceptors (Lipinski definition) is 4. The Hall–Kier alpha value is -3.48. The SMILES string of the molecule is CCCCN1C(=O)C(=O)N(CC(=O)Nc2ccccc2-c2ccccc2)C1=O. The number of nitrogens with zero attached hydrogens (tertiary/aromatic N) is 2. The Balaban J connectivity index is 1.73. The summed E-state index contributed by atoms with van der Waals surface area (Å²) in [6.45, 7) is 1.59. The predicted octanol–water partition coefficient (Wildman–Crippen LogP) is 2.88. The first kappa shape index (κ1) is 19.3. The van der Waals surface area contributed by atoms with Crippen LogP contribution < -0.4 is 5.32 Å². The monoisotopic (exact) mass is 379 g/mol. The quantitative estimate of drug-likeness (QED) is 0.592. The van der Waals surface area contributed by atoms with Crippen LogP contribution in [0.25, 0.3) is 11.1 Å². The molecule has 0 radical (unpaired) electrons. The Morgan fingerprint density at radius 3 is 2.25 bits per heavy atom. The Morgan fingerprint density at radius 2 is 1.54 bits per heavy atom. The molecule has 2 aromatic carbocycles. The third kappa shape index (κ3) is 3.93. The van der Waals surface area contributed by atoms with Crippen LogP contribution in [0.1, 0.15) is 19.8 Å². The van der Waals surface area contributed by atoms with Gasteiger partial charge in [-0.1, -0.05) is 61.9 Å². The average Bonchev–Trinajstić information content (AvgIpc) is 2.91. The van der Waals surface area contributed by atoms with Crippen molar-refractivity contribution in [2.75, 3.05) is 18.4 Å². The van der Waals surface area contributed by atoms with E-state index >= 15 is 0 Å². The summed E-state index contributed by atoms with van der Waals surface area (Å²) < 4.78 is 0. The minimum absolute atomic E-state index is 0.175. The van der Waals surface area contributed by atoms with Gasteiger partial charge in [-0.2, -0.15) is 0 Å². The van der Waals surface area contributed by atoms with Gasteiger partial charge in [-0.15, -0.1) is 0 Å². The van der Waals surface area contributed by atoms with E-state index in [0.717, 1.165) is 22.4 Å². The topological polar surface area (TPSA) is 86.8 Å². The molecule has 5 amide bonds.